The van der Waals surface area contributed by atoms with Crippen LogP contribution in [0.3, 0.4) is 0 Å². The molecule has 2 rings (SSSR count). The second-order valence-electron chi connectivity index (χ2n) is 6.09. The van der Waals surface area contributed by atoms with E-state index in [1.807, 2.05) is 0 Å². The number of rotatable bonds is 10. The first kappa shape index (κ1) is 22.6. The molecular weight excluding hydrogens is 430 g/mol. The van der Waals surface area contributed by atoms with E-state index in [9.17, 15) is 18.5 Å². The van der Waals surface area contributed by atoms with Crippen molar-refractivity contribution in [1.29, 1.82) is 0 Å². The van der Waals surface area contributed by atoms with Crippen LogP contribution in [-0.4, -0.2) is 38.0 Å². The van der Waals surface area contributed by atoms with E-state index in [-0.39, 0.29) is 23.9 Å². The molecule has 0 saturated carbocycles. The van der Waals surface area contributed by atoms with Crippen LogP contribution in [-0.2, 0) is 28.6 Å². The molecule has 2 N–H and O–H groups in total. The molecule has 0 bridgehead atoms. The molecule has 2 aromatic carbocycles. The molecule has 152 valence electrons. The number of hydrogen-bond acceptors (Lipinski definition) is 4. The van der Waals surface area contributed by atoms with Crippen molar-refractivity contribution in [2.45, 2.75) is 25.6 Å². The lowest BCUT2D eigenvalue weighted by molar-refractivity contribution is -0.138. The van der Waals surface area contributed by atoms with Gasteiger partial charge in [-0.15, -0.1) is 0 Å². The highest BCUT2D eigenvalue weighted by Gasteiger charge is 2.16. The Labute approximate surface area is 174 Å². The zero-order chi connectivity index (χ0) is 20.7. The average Bonchev–Trinajstić information content (AvgIpc) is 2.59. The van der Waals surface area contributed by atoms with Crippen LogP contribution < -0.4 is 4.74 Å². The van der Waals surface area contributed by atoms with Crippen LogP contribution in [0.5, 0.6) is 5.75 Å². The lowest BCUT2D eigenvalue weighted by Crippen LogP contribution is -2.22. The summed E-state index contributed by atoms with van der Waals surface area (Å²) in [6, 6.07) is 8.99. The van der Waals surface area contributed by atoms with Crippen LogP contribution in [0, 0.1) is 5.82 Å². The van der Waals surface area contributed by atoms with Gasteiger partial charge in [0, 0.05) is 32.2 Å². The van der Waals surface area contributed by atoms with E-state index in [0.717, 1.165) is 5.56 Å². The SMILES string of the molecule is O=C(O)CC(O)CS(=O)CCc1c(Cl)cc(Cl)cc1OCc1ccc(F)cc1. The van der Waals surface area contributed by atoms with Crippen LogP contribution in [0.4, 0.5) is 4.39 Å². The van der Waals surface area contributed by atoms with Gasteiger partial charge in [0.05, 0.1) is 18.3 Å². The van der Waals surface area contributed by atoms with Crippen molar-refractivity contribution in [3.8, 4) is 5.75 Å². The number of aliphatic hydroxyl groups excluding tert-OH is 1. The van der Waals surface area contributed by atoms with E-state index in [1.165, 1.54) is 12.1 Å². The molecule has 2 unspecified atom stereocenters. The van der Waals surface area contributed by atoms with Crippen molar-refractivity contribution in [3.05, 3.63) is 63.4 Å². The van der Waals surface area contributed by atoms with Crippen molar-refractivity contribution >= 4 is 40.0 Å². The largest absolute Gasteiger partial charge is 0.489 e. The van der Waals surface area contributed by atoms with Crippen LogP contribution >= 0.6 is 23.2 Å². The number of carboxylic acids is 1. The Balaban J connectivity index is 2.03. The molecule has 28 heavy (non-hydrogen) atoms. The van der Waals surface area contributed by atoms with E-state index in [2.05, 4.69) is 0 Å². The third kappa shape index (κ3) is 7.39. The number of aliphatic hydroxyl groups is 1. The van der Waals surface area contributed by atoms with Crippen molar-refractivity contribution in [1.82, 2.24) is 0 Å². The fourth-order valence-corrected chi connectivity index (χ4v) is 4.18. The second-order valence-corrected chi connectivity index (χ2v) is 8.56. The number of carbonyl (C=O) groups is 1. The smallest absolute Gasteiger partial charge is 0.306 e. The van der Waals surface area contributed by atoms with Gasteiger partial charge in [-0.25, -0.2) is 4.39 Å². The maximum atomic E-state index is 13.0. The Bertz CT molecular complexity index is 845. The Morgan fingerprint density at radius 1 is 1.21 bits per heavy atom. The molecule has 0 aromatic heterocycles. The van der Waals surface area contributed by atoms with Crippen molar-refractivity contribution in [3.63, 3.8) is 0 Å². The van der Waals surface area contributed by atoms with Gasteiger partial charge < -0.3 is 14.9 Å². The molecule has 0 amide bonds. The number of carboxylic acid groups (broad SMARTS) is 1. The monoisotopic (exact) mass is 448 g/mol. The lowest BCUT2D eigenvalue weighted by Gasteiger charge is -2.14. The molecular formula is C19H19Cl2FO5S. The molecule has 0 aliphatic heterocycles. The zero-order valence-electron chi connectivity index (χ0n) is 14.7. The molecule has 2 atom stereocenters. The molecule has 0 saturated heterocycles. The van der Waals surface area contributed by atoms with Crippen LogP contribution in [0.15, 0.2) is 36.4 Å². The van der Waals surface area contributed by atoms with Gasteiger partial charge in [0.1, 0.15) is 18.2 Å². The number of benzene rings is 2. The van der Waals surface area contributed by atoms with E-state index in [4.69, 9.17) is 33.0 Å². The average molecular weight is 449 g/mol. The lowest BCUT2D eigenvalue weighted by atomic mass is 10.1. The summed E-state index contributed by atoms with van der Waals surface area (Å²) in [5, 5.41) is 19.0. The number of aliphatic carboxylic acids is 1. The highest BCUT2D eigenvalue weighted by Crippen LogP contribution is 2.32. The molecule has 2 aromatic rings. The summed E-state index contributed by atoms with van der Waals surface area (Å²) in [5.41, 5.74) is 1.36. The quantitative estimate of drug-likeness (QED) is 0.576. The summed E-state index contributed by atoms with van der Waals surface area (Å²) in [7, 11) is -1.43. The maximum Gasteiger partial charge on any atom is 0.306 e. The molecule has 0 aliphatic rings. The van der Waals surface area contributed by atoms with Gasteiger partial charge in [0.25, 0.3) is 0 Å². The molecule has 9 heteroatoms. The summed E-state index contributed by atoms with van der Waals surface area (Å²) >= 11 is 12.3. The number of ether oxygens (including phenoxy) is 1. The predicted molar refractivity (Wildman–Crippen MR) is 107 cm³/mol. The summed E-state index contributed by atoms with van der Waals surface area (Å²) in [6.45, 7) is 0.171. The van der Waals surface area contributed by atoms with Crippen molar-refractivity contribution < 1.29 is 28.3 Å². The minimum atomic E-state index is -1.43. The number of halogens is 3. The Morgan fingerprint density at radius 3 is 2.54 bits per heavy atom. The summed E-state index contributed by atoms with van der Waals surface area (Å²) in [5.74, 6) is -1.04. The molecule has 0 radical (unpaired) electrons. The summed E-state index contributed by atoms with van der Waals surface area (Å²) in [4.78, 5) is 10.6. The molecule has 0 fully saturated rings. The van der Waals surface area contributed by atoms with E-state index in [0.29, 0.717) is 27.8 Å². The van der Waals surface area contributed by atoms with Gasteiger partial charge in [-0.2, -0.15) is 0 Å². The van der Waals surface area contributed by atoms with Gasteiger partial charge in [-0.3, -0.25) is 9.00 Å². The second kappa shape index (κ2) is 10.8. The Kier molecular flexibility index (Phi) is 8.69. The summed E-state index contributed by atoms with van der Waals surface area (Å²) in [6.07, 6.45) is -1.34. The Morgan fingerprint density at radius 2 is 1.89 bits per heavy atom. The van der Waals surface area contributed by atoms with E-state index < -0.39 is 29.3 Å². The van der Waals surface area contributed by atoms with Crippen molar-refractivity contribution in [2.24, 2.45) is 0 Å². The van der Waals surface area contributed by atoms with Gasteiger partial charge in [0.15, 0.2) is 0 Å². The van der Waals surface area contributed by atoms with E-state index >= 15 is 0 Å². The van der Waals surface area contributed by atoms with Gasteiger partial charge in [0.2, 0.25) is 0 Å². The first-order valence-electron chi connectivity index (χ1n) is 8.34. The van der Waals surface area contributed by atoms with Gasteiger partial charge >= 0.3 is 5.97 Å². The fraction of sp³-hybridized carbons (Fsp3) is 0.316. The van der Waals surface area contributed by atoms with E-state index in [1.54, 1.807) is 24.3 Å². The highest BCUT2D eigenvalue weighted by molar-refractivity contribution is 7.85. The third-order valence-electron chi connectivity index (χ3n) is 3.80. The molecule has 0 spiro atoms. The van der Waals surface area contributed by atoms with Crippen molar-refractivity contribution in [2.75, 3.05) is 11.5 Å². The standard InChI is InChI=1S/C19H19Cl2FO5S/c20-13-7-17(21)16(5-6-28(26)11-15(23)9-19(24)25)18(8-13)27-10-12-1-3-14(22)4-2-12/h1-4,7-8,15,23H,5-6,9-11H2,(H,24,25). The fourth-order valence-electron chi connectivity index (χ4n) is 2.47. The topological polar surface area (TPSA) is 83.8 Å². The first-order chi connectivity index (χ1) is 13.2. The maximum absolute atomic E-state index is 13.0. The van der Waals surface area contributed by atoms with Gasteiger partial charge in [-0.1, -0.05) is 35.3 Å². The third-order valence-corrected chi connectivity index (χ3v) is 5.77. The summed E-state index contributed by atoms with van der Waals surface area (Å²) < 4.78 is 30.9. The first-order valence-corrected chi connectivity index (χ1v) is 10.6. The Hall–Kier alpha value is -1.67. The van der Waals surface area contributed by atoms with Gasteiger partial charge in [-0.05, 0) is 36.2 Å². The van der Waals surface area contributed by atoms with Crippen LogP contribution in [0.25, 0.3) is 0 Å². The minimum Gasteiger partial charge on any atom is -0.489 e. The highest BCUT2D eigenvalue weighted by atomic mass is 35.5. The normalized spacial score (nSPS) is 13.1. The zero-order valence-corrected chi connectivity index (χ0v) is 17.1. The minimum absolute atomic E-state index is 0.136. The molecule has 0 heterocycles. The molecule has 0 aliphatic carbocycles. The van der Waals surface area contributed by atoms with Crippen LogP contribution in [0.2, 0.25) is 10.0 Å². The van der Waals surface area contributed by atoms with Crippen LogP contribution in [0.1, 0.15) is 17.5 Å². The molecule has 5 nitrogen and oxygen atoms in total. The number of hydrogen-bond donors (Lipinski definition) is 2. The predicted octanol–water partition coefficient (Wildman–Crippen LogP) is 3.84.